The number of halogens is 1. The Morgan fingerprint density at radius 3 is 2.48 bits per heavy atom. The number of rotatable bonds is 7. The molecule has 0 aliphatic rings. The summed E-state index contributed by atoms with van der Waals surface area (Å²) in [6.45, 7) is 4.03. The highest BCUT2D eigenvalue weighted by Gasteiger charge is 2.12. The third-order valence-electron chi connectivity index (χ3n) is 4.64. The third kappa shape index (κ3) is 6.69. The first kappa shape index (κ1) is 23.6. The molecule has 2 amide bonds. The van der Waals surface area contributed by atoms with Gasteiger partial charge in [-0.15, -0.1) is 0 Å². The predicted octanol–water partition coefficient (Wildman–Crippen LogP) is 3.31. The summed E-state index contributed by atoms with van der Waals surface area (Å²) >= 11 is 6.45. The van der Waals surface area contributed by atoms with Crippen molar-refractivity contribution in [1.82, 2.24) is 20.6 Å². The predicted molar refractivity (Wildman–Crippen MR) is 124 cm³/mol. The highest BCUT2D eigenvalue weighted by molar-refractivity contribution is 6.31. The molecule has 33 heavy (non-hydrogen) atoms. The number of carbonyl (C=O) groups is 2. The average molecular weight is 464 g/mol. The minimum Gasteiger partial charge on any atom is -0.484 e. The van der Waals surface area contributed by atoms with Gasteiger partial charge in [0.2, 0.25) is 0 Å². The summed E-state index contributed by atoms with van der Waals surface area (Å²) < 4.78 is 6.97. The summed E-state index contributed by atoms with van der Waals surface area (Å²) in [6.07, 6.45) is 2.80. The standard InChI is InChI=1S/C24H22ClN5O3/c1-16-3-5-19(6-4-16)14-30-24(25)21(17(2)29-30)11-12-22(31)27-28-23(32)15-33-20-9-7-18(13-26)8-10-20/h3-12H,14-15H2,1-2H3,(H,27,31)(H,28,32)/b12-11+. The van der Waals surface area contributed by atoms with Gasteiger partial charge in [-0.1, -0.05) is 41.4 Å². The fraction of sp³-hybridized carbons (Fsp3) is 0.167. The lowest BCUT2D eigenvalue weighted by Crippen LogP contribution is -2.43. The molecule has 0 atom stereocenters. The number of carbonyl (C=O) groups excluding carboxylic acids is 2. The van der Waals surface area contributed by atoms with Crippen molar-refractivity contribution in [2.75, 3.05) is 6.61 Å². The highest BCUT2D eigenvalue weighted by Crippen LogP contribution is 2.22. The molecule has 2 aromatic carbocycles. The number of nitrogens with zero attached hydrogens (tertiary/aromatic N) is 3. The van der Waals surface area contributed by atoms with Gasteiger partial charge in [-0.3, -0.25) is 20.4 Å². The molecular formula is C24H22ClN5O3. The minimum atomic E-state index is -0.541. The van der Waals surface area contributed by atoms with E-state index in [9.17, 15) is 9.59 Å². The van der Waals surface area contributed by atoms with Gasteiger partial charge in [0, 0.05) is 11.6 Å². The second-order valence-corrected chi connectivity index (χ2v) is 7.59. The molecule has 0 radical (unpaired) electrons. The number of aromatic nitrogens is 2. The number of hydrogen-bond acceptors (Lipinski definition) is 5. The lowest BCUT2D eigenvalue weighted by atomic mass is 10.1. The van der Waals surface area contributed by atoms with Gasteiger partial charge >= 0.3 is 0 Å². The first-order valence-electron chi connectivity index (χ1n) is 10.0. The molecule has 2 N–H and O–H groups in total. The van der Waals surface area contributed by atoms with Crippen molar-refractivity contribution in [2.24, 2.45) is 0 Å². The van der Waals surface area contributed by atoms with E-state index in [2.05, 4.69) is 16.0 Å². The fourth-order valence-corrected chi connectivity index (χ4v) is 3.17. The number of ether oxygens (including phenoxy) is 1. The van der Waals surface area contributed by atoms with Crippen molar-refractivity contribution in [1.29, 1.82) is 5.26 Å². The Hall–Kier alpha value is -4.09. The van der Waals surface area contributed by atoms with Gasteiger partial charge in [0.05, 0.1) is 23.9 Å². The zero-order valence-electron chi connectivity index (χ0n) is 18.1. The maximum absolute atomic E-state index is 12.1. The van der Waals surface area contributed by atoms with E-state index in [0.29, 0.717) is 34.3 Å². The van der Waals surface area contributed by atoms with E-state index < -0.39 is 11.8 Å². The second-order valence-electron chi connectivity index (χ2n) is 7.23. The van der Waals surface area contributed by atoms with Crippen LogP contribution in [0, 0.1) is 25.2 Å². The Bertz CT molecular complexity index is 1210. The molecule has 1 heterocycles. The summed E-state index contributed by atoms with van der Waals surface area (Å²) in [5, 5.41) is 13.6. The van der Waals surface area contributed by atoms with Crippen LogP contribution >= 0.6 is 11.6 Å². The van der Waals surface area contributed by atoms with Gasteiger partial charge in [0.15, 0.2) is 6.61 Å². The fourth-order valence-electron chi connectivity index (χ4n) is 2.87. The molecule has 8 nitrogen and oxygen atoms in total. The summed E-state index contributed by atoms with van der Waals surface area (Å²) in [6, 6.07) is 16.4. The Kier molecular flexibility index (Phi) is 7.84. The summed E-state index contributed by atoms with van der Waals surface area (Å²) in [5.74, 6) is -0.646. The summed E-state index contributed by atoms with van der Waals surface area (Å²) in [7, 11) is 0. The van der Waals surface area contributed by atoms with Gasteiger partial charge in [-0.2, -0.15) is 10.4 Å². The first-order chi connectivity index (χ1) is 15.9. The van der Waals surface area contributed by atoms with Crippen molar-refractivity contribution in [2.45, 2.75) is 20.4 Å². The molecule has 0 aliphatic heterocycles. The first-order valence-corrected chi connectivity index (χ1v) is 10.4. The third-order valence-corrected chi connectivity index (χ3v) is 5.04. The van der Waals surface area contributed by atoms with E-state index in [1.807, 2.05) is 37.3 Å². The lowest BCUT2D eigenvalue weighted by molar-refractivity contribution is -0.128. The molecule has 0 saturated heterocycles. The Morgan fingerprint density at radius 2 is 1.82 bits per heavy atom. The van der Waals surface area contributed by atoms with Crippen molar-refractivity contribution >= 4 is 29.5 Å². The molecule has 0 saturated carbocycles. The van der Waals surface area contributed by atoms with Crippen LogP contribution in [0.25, 0.3) is 6.08 Å². The maximum Gasteiger partial charge on any atom is 0.276 e. The van der Waals surface area contributed by atoms with Crippen LogP contribution in [-0.2, 0) is 16.1 Å². The van der Waals surface area contributed by atoms with E-state index in [4.69, 9.17) is 21.6 Å². The number of amides is 2. The van der Waals surface area contributed by atoms with Crippen LogP contribution in [0.5, 0.6) is 5.75 Å². The molecular weight excluding hydrogens is 442 g/mol. The van der Waals surface area contributed by atoms with Crippen LogP contribution in [0.1, 0.15) is 27.9 Å². The second kappa shape index (κ2) is 11.0. The van der Waals surface area contributed by atoms with Crippen molar-refractivity contribution in [3.8, 4) is 11.8 Å². The van der Waals surface area contributed by atoms with E-state index >= 15 is 0 Å². The van der Waals surface area contributed by atoms with Crippen molar-refractivity contribution in [3.05, 3.63) is 87.7 Å². The zero-order chi connectivity index (χ0) is 23.8. The molecule has 3 rings (SSSR count). The molecule has 0 aliphatic carbocycles. The van der Waals surface area contributed by atoms with Crippen molar-refractivity contribution < 1.29 is 14.3 Å². The Balaban J connectivity index is 1.50. The normalized spacial score (nSPS) is 10.6. The minimum absolute atomic E-state index is 0.299. The summed E-state index contributed by atoms with van der Waals surface area (Å²) in [4.78, 5) is 23.9. The number of nitriles is 1. The van der Waals surface area contributed by atoms with Crippen LogP contribution in [0.4, 0.5) is 0 Å². The van der Waals surface area contributed by atoms with E-state index in [0.717, 1.165) is 5.56 Å². The summed E-state index contributed by atoms with van der Waals surface area (Å²) in [5.41, 5.74) is 8.56. The molecule has 0 fully saturated rings. The Labute approximate surface area is 196 Å². The van der Waals surface area contributed by atoms with Crippen LogP contribution in [0.2, 0.25) is 5.15 Å². The van der Waals surface area contributed by atoms with E-state index in [1.54, 1.807) is 41.9 Å². The van der Waals surface area contributed by atoms with Gasteiger partial charge in [0.1, 0.15) is 10.9 Å². The molecule has 168 valence electrons. The lowest BCUT2D eigenvalue weighted by Gasteiger charge is -2.07. The molecule has 1 aromatic heterocycles. The van der Waals surface area contributed by atoms with E-state index in [-0.39, 0.29) is 6.61 Å². The van der Waals surface area contributed by atoms with Crippen LogP contribution < -0.4 is 15.6 Å². The molecule has 9 heteroatoms. The Morgan fingerprint density at radius 1 is 1.12 bits per heavy atom. The number of hydrogen-bond donors (Lipinski definition) is 2. The number of hydrazine groups is 1. The van der Waals surface area contributed by atoms with Crippen LogP contribution in [0.15, 0.2) is 54.6 Å². The van der Waals surface area contributed by atoms with Crippen LogP contribution in [0.3, 0.4) is 0 Å². The van der Waals surface area contributed by atoms with Crippen LogP contribution in [-0.4, -0.2) is 28.2 Å². The zero-order valence-corrected chi connectivity index (χ0v) is 18.9. The average Bonchev–Trinajstić information content (AvgIpc) is 3.08. The van der Waals surface area contributed by atoms with Gasteiger partial charge < -0.3 is 4.74 Å². The quantitative estimate of drug-likeness (QED) is 0.412. The van der Waals surface area contributed by atoms with Gasteiger partial charge in [0.25, 0.3) is 11.8 Å². The molecule has 0 bridgehead atoms. The molecule has 3 aromatic rings. The van der Waals surface area contributed by atoms with E-state index in [1.165, 1.54) is 11.6 Å². The topological polar surface area (TPSA) is 109 Å². The SMILES string of the molecule is Cc1ccc(Cn2nc(C)c(/C=C/C(=O)NNC(=O)COc3ccc(C#N)cc3)c2Cl)cc1. The largest absolute Gasteiger partial charge is 0.484 e. The molecule has 0 spiro atoms. The molecule has 0 unspecified atom stereocenters. The van der Waals surface area contributed by atoms with Gasteiger partial charge in [-0.05, 0) is 49.8 Å². The van der Waals surface area contributed by atoms with Crippen molar-refractivity contribution in [3.63, 3.8) is 0 Å². The monoisotopic (exact) mass is 463 g/mol. The number of benzene rings is 2. The van der Waals surface area contributed by atoms with Gasteiger partial charge in [-0.25, -0.2) is 4.68 Å². The maximum atomic E-state index is 12.1. The highest BCUT2D eigenvalue weighted by atomic mass is 35.5. The number of aryl methyl sites for hydroxylation is 2. The smallest absolute Gasteiger partial charge is 0.276 e. The number of nitrogens with one attached hydrogen (secondary N) is 2.